The zero-order chi connectivity index (χ0) is 18.5. The van der Waals surface area contributed by atoms with Gasteiger partial charge in [-0.05, 0) is 19.1 Å². The number of hydrogen-bond acceptors (Lipinski definition) is 7. The molecule has 1 aliphatic heterocycles. The number of anilines is 1. The molecule has 1 saturated heterocycles. The van der Waals surface area contributed by atoms with Gasteiger partial charge in [0.25, 0.3) is 0 Å². The summed E-state index contributed by atoms with van der Waals surface area (Å²) in [7, 11) is 0. The third-order valence-corrected chi connectivity index (χ3v) is 5.86. The number of carbonyl (C=O) groups is 2. The first-order valence-corrected chi connectivity index (χ1v) is 10.1. The molecule has 0 aromatic carbocycles. The first-order valence-electron chi connectivity index (χ1n) is 8.43. The Kier molecular flexibility index (Phi) is 8.18. The Morgan fingerprint density at radius 2 is 2.19 bits per heavy atom. The monoisotopic (exact) mass is 430 g/mol. The van der Waals surface area contributed by atoms with Crippen LogP contribution in [0.2, 0.25) is 0 Å². The average Bonchev–Trinajstić information content (AvgIpc) is 3.20. The Morgan fingerprint density at radius 1 is 1.37 bits per heavy atom. The number of hydrogen-bond donors (Lipinski definition) is 3. The summed E-state index contributed by atoms with van der Waals surface area (Å²) >= 11 is 3.06. The molecule has 3 heterocycles. The minimum Gasteiger partial charge on any atom is -0.378 e. The lowest BCUT2D eigenvalue weighted by Crippen LogP contribution is -2.43. The molecule has 10 heteroatoms. The predicted octanol–water partition coefficient (Wildman–Crippen LogP) is 2.55. The van der Waals surface area contributed by atoms with Crippen LogP contribution in [0.1, 0.15) is 23.1 Å². The second kappa shape index (κ2) is 10.1. The highest BCUT2D eigenvalue weighted by atomic mass is 35.5. The smallest absolute Gasteiger partial charge is 0.227 e. The van der Waals surface area contributed by atoms with Crippen molar-refractivity contribution in [3.05, 3.63) is 21.9 Å². The summed E-state index contributed by atoms with van der Waals surface area (Å²) in [6.07, 6.45) is 0.369. The fourth-order valence-electron chi connectivity index (χ4n) is 2.64. The van der Waals surface area contributed by atoms with Gasteiger partial charge in [-0.2, -0.15) is 0 Å². The van der Waals surface area contributed by atoms with Gasteiger partial charge in [-0.15, -0.1) is 35.1 Å². The molecule has 2 amide bonds. The lowest BCUT2D eigenvalue weighted by Gasteiger charge is -2.22. The Balaban J connectivity index is 0.00000261. The lowest BCUT2D eigenvalue weighted by molar-refractivity contribution is -0.119. The van der Waals surface area contributed by atoms with Crippen LogP contribution in [0.25, 0.3) is 10.6 Å². The topological polar surface area (TPSA) is 92.4 Å². The van der Waals surface area contributed by atoms with Crippen LogP contribution in [0, 0.1) is 6.92 Å². The van der Waals surface area contributed by atoms with E-state index >= 15 is 0 Å². The van der Waals surface area contributed by atoms with Crippen molar-refractivity contribution in [1.82, 2.24) is 15.6 Å². The molecule has 0 spiro atoms. The first-order chi connectivity index (χ1) is 12.5. The number of carbonyl (C=O) groups excluding carboxylic acids is 2. The van der Waals surface area contributed by atoms with Crippen molar-refractivity contribution in [3.8, 4) is 10.6 Å². The van der Waals surface area contributed by atoms with Crippen molar-refractivity contribution < 1.29 is 14.3 Å². The van der Waals surface area contributed by atoms with E-state index in [1.165, 1.54) is 18.3 Å². The third-order valence-electron chi connectivity index (χ3n) is 3.88. The van der Waals surface area contributed by atoms with Gasteiger partial charge < -0.3 is 20.7 Å². The van der Waals surface area contributed by atoms with E-state index in [4.69, 9.17) is 4.74 Å². The second-order valence-corrected chi connectivity index (χ2v) is 8.45. The van der Waals surface area contributed by atoms with Crippen LogP contribution in [0.5, 0.6) is 0 Å². The van der Waals surface area contributed by atoms with Crippen molar-refractivity contribution in [1.29, 1.82) is 0 Å². The van der Waals surface area contributed by atoms with Crippen LogP contribution in [-0.2, 0) is 20.9 Å². The minimum absolute atomic E-state index is 0. The molecule has 3 N–H and O–H groups in total. The Bertz CT molecular complexity index is 787. The first kappa shape index (κ1) is 21.8. The highest BCUT2D eigenvalue weighted by molar-refractivity contribution is 7.18. The van der Waals surface area contributed by atoms with Gasteiger partial charge in [-0.1, -0.05) is 0 Å². The normalized spacial score (nSPS) is 16.4. The maximum absolute atomic E-state index is 12.2. The van der Waals surface area contributed by atoms with Crippen molar-refractivity contribution >= 4 is 52.0 Å². The zero-order valence-corrected chi connectivity index (χ0v) is 17.6. The standard InChI is InChI=1S/C17H22N4O3S2.ClH/c1-10-16(14-4-3-13(26-14)8-19-11(2)22)21-17(25-10)20-15(23)7-12-9-24-6-5-18-12;/h3-4,12,18H,5-9H2,1-2H3,(H,19,22)(H,20,21,23);1H. The van der Waals surface area contributed by atoms with E-state index in [0.29, 0.717) is 31.3 Å². The molecule has 0 bridgehead atoms. The number of morpholine rings is 1. The summed E-state index contributed by atoms with van der Waals surface area (Å²) in [5.74, 6) is -0.113. The maximum Gasteiger partial charge on any atom is 0.227 e. The van der Waals surface area contributed by atoms with E-state index in [1.807, 2.05) is 19.1 Å². The molecule has 1 unspecified atom stereocenters. The number of nitrogens with one attached hydrogen (secondary N) is 3. The molecule has 0 saturated carbocycles. The summed E-state index contributed by atoms with van der Waals surface area (Å²) in [6.45, 7) is 6.04. The van der Waals surface area contributed by atoms with Crippen molar-refractivity contribution in [2.45, 2.75) is 32.9 Å². The summed E-state index contributed by atoms with van der Waals surface area (Å²) in [4.78, 5) is 31.0. The van der Waals surface area contributed by atoms with Gasteiger partial charge in [0.2, 0.25) is 11.8 Å². The van der Waals surface area contributed by atoms with Gasteiger partial charge in [0.1, 0.15) is 0 Å². The van der Waals surface area contributed by atoms with Gasteiger partial charge in [0.15, 0.2) is 5.13 Å². The maximum atomic E-state index is 12.2. The van der Waals surface area contributed by atoms with Gasteiger partial charge in [0.05, 0.1) is 30.3 Å². The van der Waals surface area contributed by atoms with Gasteiger partial charge in [-0.3, -0.25) is 9.59 Å². The van der Waals surface area contributed by atoms with Crippen LogP contribution in [0.4, 0.5) is 5.13 Å². The molecule has 7 nitrogen and oxygen atoms in total. The molecule has 0 radical (unpaired) electrons. The van der Waals surface area contributed by atoms with Gasteiger partial charge in [-0.25, -0.2) is 4.98 Å². The van der Waals surface area contributed by atoms with E-state index < -0.39 is 0 Å². The molecule has 1 aliphatic rings. The zero-order valence-electron chi connectivity index (χ0n) is 15.2. The number of nitrogens with zero attached hydrogens (tertiary/aromatic N) is 1. The second-order valence-electron chi connectivity index (χ2n) is 6.08. The third kappa shape index (κ3) is 6.25. The molecule has 3 rings (SSSR count). The van der Waals surface area contributed by atoms with Crippen molar-refractivity contribution in [3.63, 3.8) is 0 Å². The Labute approximate surface area is 172 Å². The minimum atomic E-state index is -0.0640. The highest BCUT2D eigenvalue weighted by Crippen LogP contribution is 2.34. The van der Waals surface area contributed by atoms with E-state index in [0.717, 1.165) is 26.9 Å². The van der Waals surface area contributed by atoms with E-state index in [1.54, 1.807) is 11.3 Å². The molecule has 27 heavy (non-hydrogen) atoms. The fourth-order valence-corrected chi connectivity index (χ4v) is 4.54. The van der Waals surface area contributed by atoms with Gasteiger partial charge >= 0.3 is 0 Å². The number of aromatic nitrogens is 1. The molecular weight excluding hydrogens is 408 g/mol. The molecule has 0 aliphatic carbocycles. The predicted molar refractivity (Wildman–Crippen MR) is 111 cm³/mol. The van der Waals surface area contributed by atoms with Crippen LogP contribution >= 0.6 is 35.1 Å². The van der Waals surface area contributed by atoms with Crippen LogP contribution < -0.4 is 16.0 Å². The Hall–Kier alpha value is -1.52. The largest absolute Gasteiger partial charge is 0.378 e. The van der Waals surface area contributed by atoms with Crippen LogP contribution in [0.15, 0.2) is 12.1 Å². The van der Waals surface area contributed by atoms with E-state index in [2.05, 4.69) is 20.9 Å². The van der Waals surface area contributed by atoms with Crippen LogP contribution in [-0.4, -0.2) is 42.6 Å². The Morgan fingerprint density at radius 3 is 2.89 bits per heavy atom. The van der Waals surface area contributed by atoms with Crippen LogP contribution in [0.3, 0.4) is 0 Å². The molecule has 2 aromatic heterocycles. The van der Waals surface area contributed by atoms with Gasteiger partial charge in [0, 0.05) is 35.7 Å². The number of rotatable bonds is 6. The number of aryl methyl sites for hydroxylation is 1. The molecule has 2 aromatic rings. The number of amides is 2. The number of thiazole rings is 1. The molecule has 1 atom stereocenters. The number of halogens is 1. The number of thiophene rings is 1. The molecule has 1 fully saturated rings. The molecular formula is C17H23ClN4O3S2. The summed E-state index contributed by atoms with van der Waals surface area (Å²) in [6, 6.07) is 4.04. The number of ether oxygens (including phenoxy) is 1. The van der Waals surface area contributed by atoms with E-state index in [9.17, 15) is 9.59 Å². The lowest BCUT2D eigenvalue weighted by atomic mass is 10.2. The highest BCUT2D eigenvalue weighted by Gasteiger charge is 2.19. The molecule has 148 valence electrons. The summed E-state index contributed by atoms with van der Waals surface area (Å²) < 4.78 is 5.37. The van der Waals surface area contributed by atoms with E-state index in [-0.39, 0.29) is 30.3 Å². The summed E-state index contributed by atoms with van der Waals surface area (Å²) in [5.41, 5.74) is 0.878. The van der Waals surface area contributed by atoms with Crippen molar-refractivity contribution in [2.24, 2.45) is 0 Å². The SMILES string of the molecule is CC(=O)NCc1ccc(-c2nc(NC(=O)CC3COCCN3)sc2C)s1.Cl. The average molecular weight is 431 g/mol. The fraction of sp³-hybridized carbons (Fsp3) is 0.471. The quantitative estimate of drug-likeness (QED) is 0.655. The van der Waals surface area contributed by atoms with Crippen molar-refractivity contribution in [2.75, 3.05) is 25.1 Å². The summed E-state index contributed by atoms with van der Waals surface area (Å²) in [5, 5.41) is 9.56.